The lowest BCUT2D eigenvalue weighted by Gasteiger charge is -2.13. The largest absolute Gasteiger partial charge is 0.508 e. The van der Waals surface area contributed by atoms with E-state index in [1.54, 1.807) is 12.1 Å². The smallest absolute Gasteiger partial charge is 0.161 e. The average molecular weight is 287 g/mol. The van der Waals surface area contributed by atoms with E-state index in [9.17, 15) is 5.11 Å². The second kappa shape index (κ2) is 7.55. The molecule has 0 aliphatic heterocycles. The molecule has 2 N–H and O–H groups in total. The minimum atomic E-state index is 0.255. The van der Waals surface area contributed by atoms with Crippen LogP contribution in [0.1, 0.15) is 18.1 Å². The van der Waals surface area contributed by atoms with Gasteiger partial charge in [0, 0.05) is 6.54 Å². The van der Waals surface area contributed by atoms with E-state index in [1.807, 2.05) is 44.3 Å². The van der Waals surface area contributed by atoms with Crippen molar-refractivity contribution in [2.24, 2.45) is 0 Å². The second-order valence-corrected chi connectivity index (χ2v) is 4.70. The van der Waals surface area contributed by atoms with Crippen LogP contribution in [0.2, 0.25) is 0 Å². The highest BCUT2D eigenvalue weighted by atomic mass is 16.5. The van der Waals surface area contributed by atoms with Crippen molar-refractivity contribution >= 4 is 0 Å². The molecule has 0 saturated heterocycles. The standard InChI is InChI=1S/C17H21NO3/c1-3-20-17-10-14(11-18-2)6-9-16(17)21-12-13-4-7-15(19)8-5-13/h4-10,18-19H,3,11-12H2,1-2H3. The third-order valence-electron chi connectivity index (χ3n) is 3.02. The third kappa shape index (κ3) is 4.39. The van der Waals surface area contributed by atoms with Crippen LogP contribution in [0.4, 0.5) is 0 Å². The predicted molar refractivity (Wildman–Crippen MR) is 82.8 cm³/mol. The quantitative estimate of drug-likeness (QED) is 0.821. The molecular weight excluding hydrogens is 266 g/mol. The molecule has 0 radical (unpaired) electrons. The zero-order chi connectivity index (χ0) is 15.1. The molecule has 0 aliphatic carbocycles. The van der Waals surface area contributed by atoms with Gasteiger partial charge in [-0.25, -0.2) is 0 Å². The van der Waals surface area contributed by atoms with E-state index >= 15 is 0 Å². The number of rotatable bonds is 7. The Balaban J connectivity index is 2.09. The van der Waals surface area contributed by atoms with Crippen molar-refractivity contribution in [3.05, 3.63) is 53.6 Å². The van der Waals surface area contributed by atoms with Crippen LogP contribution in [-0.4, -0.2) is 18.8 Å². The molecule has 112 valence electrons. The van der Waals surface area contributed by atoms with Gasteiger partial charge in [-0.05, 0) is 49.4 Å². The normalized spacial score (nSPS) is 10.4. The maximum absolute atomic E-state index is 9.27. The van der Waals surface area contributed by atoms with Crippen LogP contribution in [0.25, 0.3) is 0 Å². The lowest BCUT2D eigenvalue weighted by atomic mass is 10.2. The van der Waals surface area contributed by atoms with Crippen LogP contribution in [-0.2, 0) is 13.2 Å². The molecular formula is C17H21NO3. The second-order valence-electron chi connectivity index (χ2n) is 4.70. The first kappa shape index (κ1) is 15.2. The summed E-state index contributed by atoms with van der Waals surface area (Å²) in [4.78, 5) is 0. The Kier molecular flexibility index (Phi) is 5.46. The molecule has 0 fully saturated rings. The van der Waals surface area contributed by atoms with Gasteiger partial charge in [0.25, 0.3) is 0 Å². The molecule has 0 unspecified atom stereocenters. The molecule has 2 rings (SSSR count). The SMILES string of the molecule is CCOc1cc(CNC)ccc1OCc1ccc(O)cc1. The van der Waals surface area contributed by atoms with Crippen LogP contribution in [0, 0.1) is 0 Å². The number of aromatic hydroxyl groups is 1. The fourth-order valence-electron chi connectivity index (χ4n) is 2.01. The van der Waals surface area contributed by atoms with E-state index in [4.69, 9.17) is 9.47 Å². The summed E-state index contributed by atoms with van der Waals surface area (Å²) in [6.45, 7) is 3.77. The molecule has 0 bridgehead atoms. The Morgan fingerprint density at radius 1 is 0.952 bits per heavy atom. The van der Waals surface area contributed by atoms with Gasteiger partial charge in [-0.3, -0.25) is 0 Å². The highest BCUT2D eigenvalue weighted by Gasteiger charge is 2.07. The fourth-order valence-corrected chi connectivity index (χ4v) is 2.01. The zero-order valence-electron chi connectivity index (χ0n) is 12.4. The fraction of sp³-hybridized carbons (Fsp3) is 0.294. The van der Waals surface area contributed by atoms with Gasteiger partial charge in [0.2, 0.25) is 0 Å². The Bertz CT molecular complexity index is 567. The minimum absolute atomic E-state index is 0.255. The predicted octanol–water partition coefficient (Wildman–Crippen LogP) is 3.09. The summed E-state index contributed by atoms with van der Waals surface area (Å²) in [5, 5.41) is 12.4. The zero-order valence-corrected chi connectivity index (χ0v) is 12.4. The van der Waals surface area contributed by atoms with Crippen molar-refractivity contribution < 1.29 is 14.6 Å². The summed E-state index contributed by atoms with van der Waals surface area (Å²) in [6, 6.07) is 12.9. The molecule has 0 amide bonds. The summed E-state index contributed by atoms with van der Waals surface area (Å²) in [7, 11) is 1.91. The van der Waals surface area contributed by atoms with Crippen LogP contribution >= 0.6 is 0 Å². The molecule has 21 heavy (non-hydrogen) atoms. The van der Waals surface area contributed by atoms with Crippen LogP contribution in [0.3, 0.4) is 0 Å². The van der Waals surface area contributed by atoms with E-state index in [1.165, 1.54) is 0 Å². The van der Waals surface area contributed by atoms with Gasteiger partial charge in [0.1, 0.15) is 12.4 Å². The van der Waals surface area contributed by atoms with Crippen molar-refractivity contribution in [1.29, 1.82) is 0 Å². The van der Waals surface area contributed by atoms with Crippen LogP contribution < -0.4 is 14.8 Å². The van der Waals surface area contributed by atoms with Crippen LogP contribution in [0.15, 0.2) is 42.5 Å². The van der Waals surface area contributed by atoms with Gasteiger partial charge in [-0.15, -0.1) is 0 Å². The monoisotopic (exact) mass is 287 g/mol. The molecule has 0 aromatic heterocycles. The highest BCUT2D eigenvalue weighted by molar-refractivity contribution is 5.43. The number of hydrogen-bond acceptors (Lipinski definition) is 4. The van der Waals surface area contributed by atoms with E-state index in [0.29, 0.717) is 13.2 Å². The lowest BCUT2D eigenvalue weighted by molar-refractivity contribution is 0.269. The lowest BCUT2D eigenvalue weighted by Crippen LogP contribution is -2.06. The van der Waals surface area contributed by atoms with Gasteiger partial charge in [0.05, 0.1) is 6.61 Å². The molecule has 0 atom stereocenters. The molecule has 0 heterocycles. The summed E-state index contributed by atoms with van der Waals surface area (Å²) >= 11 is 0. The van der Waals surface area contributed by atoms with E-state index in [0.717, 1.165) is 29.2 Å². The molecule has 0 saturated carbocycles. The van der Waals surface area contributed by atoms with Crippen molar-refractivity contribution in [3.8, 4) is 17.2 Å². The molecule has 0 aliphatic rings. The molecule has 2 aromatic carbocycles. The minimum Gasteiger partial charge on any atom is -0.508 e. The first-order valence-electron chi connectivity index (χ1n) is 7.04. The summed E-state index contributed by atoms with van der Waals surface area (Å²) in [6.07, 6.45) is 0. The third-order valence-corrected chi connectivity index (χ3v) is 3.02. The number of hydrogen-bond donors (Lipinski definition) is 2. The number of phenolic OH excluding ortho intramolecular Hbond substituents is 1. The summed E-state index contributed by atoms with van der Waals surface area (Å²) in [5.74, 6) is 1.74. The Hall–Kier alpha value is -2.20. The number of nitrogens with one attached hydrogen (secondary N) is 1. The van der Waals surface area contributed by atoms with Crippen molar-refractivity contribution in [1.82, 2.24) is 5.32 Å². The van der Waals surface area contributed by atoms with Gasteiger partial charge in [0.15, 0.2) is 11.5 Å². The van der Waals surface area contributed by atoms with Gasteiger partial charge in [-0.1, -0.05) is 18.2 Å². The number of ether oxygens (including phenoxy) is 2. The van der Waals surface area contributed by atoms with E-state index in [-0.39, 0.29) is 5.75 Å². The number of phenols is 1. The van der Waals surface area contributed by atoms with Gasteiger partial charge >= 0.3 is 0 Å². The maximum atomic E-state index is 9.27. The highest BCUT2D eigenvalue weighted by Crippen LogP contribution is 2.29. The summed E-state index contributed by atoms with van der Waals surface area (Å²) in [5.41, 5.74) is 2.15. The first-order valence-corrected chi connectivity index (χ1v) is 7.04. The van der Waals surface area contributed by atoms with E-state index < -0.39 is 0 Å². The van der Waals surface area contributed by atoms with E-state index in [2.05, 4.69) is 5.32 Å². The first-order chi connectivity index (χ1) is 10.2. The molecule has 4 nitrogen and oxygen atoms in total. The van der Waals surface area contributed by atoms with Crippen molar-refractivity contribution in [2.75, 3.05) is 13.7 Å². The van der Waals surface area contributed by atoms with Gasteiger partial charge < -0.3 is 19.9 Å². The maximum Gasteiger partial charge on any atom is 0.161 e. The molecule has 4 heteroatoms. The molecule has 2 aromatic rings. The Morgan fingerprint density at radius 2 is 1.67 bits per heavy atom. The van der Waals surface area contributed by atoms with Crippen molar-refractivity contribution in [3.63, 3.8) is 0 Å². The Labute approximate surface area is 125 Å². The Morgan fingerprint density at radius 3 is 2.33 bits per heavy atom. The topological polar surface area (TPSA) is 50.7 Å². The molecule has 0 spiro atoms. The summed E-state index contributed by atoms with van der Waals surface area (Å²) < 4.78 is 11.5. The average Bonchev–Trinajstić information content (AvgIpc) is 2.49. The van der Waals surface area contributed by atoms with Crippen LogP contribution in [0.5, 0.6) is 17.2 Å². The van der Waals surface area contributed by atoms with Gasteiger partial charge in [-0.2, -0.15) is 0 Å². The number of benzene rings is 2. The van der Waals surface area contributed by atoms with Crippen molar-refractivity contribution in [2.45, 2.75) is 20.1 Å².